The predicted molar refractivity (Wildman–Crippen MR) is 98.8 cm³/mol. The van der Waals surface area contributed by atoms with Crippen molar-refractivity contribution in [3.05, 3.63) is 11.3 Å². The second-order valence-corrected chi connectivity index (χ2v) is 22.2. The normalized spacial score (nSPS) is 19.1. The summed E-state index contributed by atoms with van der Waals surface area (Å²) < 4.78 is 0. The first-order valence-corrected chi connectivity index (χ1v) is 14.8. The van der Waals surface area contributed by atoms with E-state index in [2.05, 4.69) is 58.7 Å². The Bertz CT molecular complexity index is 318. The Morgan fingerprint density at radius 3 is 2.20 bits per heavy atom. The van der Waals surface area contributed by atoms with Crippen LogP contribution in [0.3, 0.4) is 0 Å². The highest BCUT2D eigenvalue weighted by molar-refractivity contribution is 7.35. The first-order valence-electron chi connectivity index (χ1n) is 8.53. The molecule has 0 bridgehead atoms. The maximum atomic E-state index is 3.84. The first kappa shape index (κ1) is 18.2. The Balaban J connectivity index is 2.62. The van der Waals surface area contributed by atoms with Crippen LogP contribution in [0, 0.1) is 0 Å². The van der Waals surface area contributed by atoms with Gasteiger partial charge in [-0.15, -0.1) is 5.70 Å². The van der Waals surface area contributed by atoms with Gasteiger partial charge in [0.1, 0.15) is 0 Å². The molecule has 3 heteroatoms. The molecule has 1 N–H and O–H groups in total. The van der Waals surface area contributed by atoms with E-state index >= 15 is 0 Å². The fourth-order valence-corrected chi connectivity index (χ4v) is 15.1. The monoisotopic (exact) mass is 311 g/mol. The van der Waals surface area contributed by atoms with Crippen LogP contribution < -0.4 is 5.32 Å². The molecule has 20 heavy (non-hydrogen) atoms. The van der Waals surface area contributed by atoms with E-state index in [1.807, 2.05) is 0 Å². The maximum Gasteiger partial charge on any atom is 0.0572 e. The predicted octanol–water partition coefficient (Wildman–Crippen LogP) is 4.84. The lowest BCUT2D eigenvalue weighted by Crippen LogP contribution is -2.53. The molecule has 1 aliphatic rings. The van der Waals surface area contributed by atoms with Gasteiger partial charge in [-0.1, -0.05) is 52.3 Å². The minimum Gasteiger partial charge on any atom is -0.314 e. The number of hydrogen-bond donors (Lipinski definition) is 1. The van der Waals surface area contributed by atoms with Crippen LogP contribution >= 0.6 is 0 Å². The summed E-state index contributed by atoms with van der Waals surface area (Å²) in [5, 5.41) is 4.37. The first-order chi connectivity index (χ1) is 9.14. The molecule has 1 saturated carbocycles. The van der Waals surface area contributed by atoms with E-state index in [-0.39, 0.29) is 0 Å². The van der Waals surface area contributed by atoms with E-state index in [1.165, 1.54) is 38.3 Å². The second-order valence-electron chi connectivity index (χ2n) is 8.55. The third kappa shape index (κ3) is 5.16. The van der Waals surface area contributed by atoms with Crippen molar-refractivity contribution in [2.24, 2.45) is 0 Å². The van der Waals surface area contributed by atoms with Crippen LogP contribution in [0.25, 0.3) is 0 Å². The van der Waals surface area contributed by atoms with E-state index in [1.54, 1.807) is 5.57 Å². The second kappa shape index (κ2) is 7.41. The lowest BCUT2D eigenvalue weighted by atomic mass is 10.2. The van der Waals surface area contributed by atoms with Crippen molar-refractivity contribution < 1.29 is 0 Å². The molecule has 0 spiro atoms. The summed E-state index contributed by atoms with van der Waals surface area (Å²) >= 11 is 0. The molecule has 0 amide bonds. The quantitative estimate of drug-likeness (QED) is 0.692. The Morgan fingerprint density at radius 2 is 1.75 bits per heavy atom. The molecular formula is C17H37NSi2. The van der Waals surface area contributed by atoms with Crippen LogP contribution in [-0.2, 0) is 0 Å². The molecule has 0 aliphatic heterocycles. The summed E-state index contributed by atoms with van der Waals surface area (Å²) in [5.74, 6) is 0. The standard InChI is InChI=1S/C17H37NSi2/c1-15(2)14-19(20(6,7)17(3,4)5)13-12-18-16-10-8-9-11-16/h14,16,18-19H,8-13H2,1-7H3. The Kier molecular flexibility index (Phi) is 6.74. The minimum absolute atomic E-state index is 0.531. The van der Waals surface area contributed by atoms with Gasteiger partial charge in [-0.25, -0.2) is 0 Å². The number of allylic oxidation sites excluding steroid dienone is 1. The molecule has 0 heterocycles. The van der Waals surface area contributed by atoms with Crippen molar-refractivity contribution >= 4 is 15.9 Å². The topological polar surface area (TPSA) is 12.0 Å². The Hall–Kier alpha value is 0.134. The van der Waals surface area contributed by atoms with Gasteiger partial charge in [0.05, 0.1) is 8.31 Å². The Morgan fingerprint density at radius 1 is 1.20 bits per heavy atom. The van der Waals surface area contributed by atoms with Crippen LogP contribution in [0.15, 0.2) is 11.3 Å². The molecule has 0 radical (unpaired) electrons. The third-order valence-electron chi connectivity index (χ3n) is 5.64. The average molecular weight is 312 g/mol. The zero-order valence-electron chi connectivity index (χ0n) is 15.0. The number of nitrogens with one attached hydrogen (secondary N) is 1. The summed E-state index contributed by atoms with van der Waals surface area (Å²) in [6.45, 7) is 18.5. The van der Waals surface area contributed by atoms with Gasteiger partial charge < -0.3 is 5.32 Å². The van der Waals surface area contributed by atoms with Crippen LogP contribution in [0.4, 0.5) is 0 Å². The van der Waals surface area contributed by atoms with Crippen LogP contribution in [-0.4, -0.2) is 28.5 Å². The van der Waals surface area contributed by atoms with Gasteiger partial charge in [0.25, 0.3) is 0 Å². The van der Waals surface area contributed by atoms with Crippen molar-refractivity contribution in [2.75, 3.05) is 6.54 Å². The van der Waals surface area contributed by atoms with E-state index in [4.69, 9.17) is 0 Å². The van der Waals surface area contributed by atoms with Gasteiger partial charge in [-0.05, 0) is 44.3 Å². The van der Waals surface area contributed by atoms with Gasteiger partial charge in [-0.2, -0.15) is 0 Å². The fraction of sp³-hybridized carbons (Fsp3) is 0.882. The molecule has 1 rings (SSSR count). The molecule has 0 saturated heterocycles. The molecule has 0 aromatic rings. The van der Waals surface area contributed by atoms with E-state index in [9.17, 15) is 0 Å². The average Bonchev–Trinajstić information content (AvgIpc) is 2.78. The zero-order valence-corrected chi connectivity index (χ0v) is 17.1. The molecular weight excluding hydrogens is 274 g/mol. The molecule has 1 unspecified atom stereocenters. The van der Waals surface area contributed by atoms with Crippen molar-refractivity contribution in [1.29, 1.82) is 0 Å². The number of rotatable bonds is 6. The van der Waals surface area contributed by atoms with Crippen LogP contribution in [0.2, 0.25) is 24.2 Å². The molecule has 1 nitrogen and oxygen atoms in total. The smallest absolute Gasteiger partial charge is 0.0572 e. The van der Waals surface area contributed by atoms with Crippen molar-refractivity contribution in [2.45, 2.75) is 90.5 Å². The Labute approximate surface area is 130 Å². The molecule has 118 valence electrons. The molecule has 1 aliphatic carbocycles. The molecule has 1 fully saturated rings. The van der Waals surface area contributed by atoms with Crippen molar-refractivity contribution in [3.63, 3.8) is 0 Å². The van der Waals surface area contributed by atoms with Crippen LogP contribution in [0.5, 0.6) is 0 Å². The minimum atomic E-state index is -1.15. The van der Waals surface area contributed by atoms with E-state index in [0.29, 0.717) is 5.04 Å². The van der Waals surface area contributed by atoms with Gasteiger partial charge in [0, 0.05) is 13.6 Å². The lowest BCUT2D eigenvalue weighted by Gasteiger charge is -2.42. The third-order valence-corrected chi connectivity index (χ3v) is 22.9. The van der Waals surface area contributed by atoms with Crippen molar-refractivity contribution in [1.82, 2.24) is 5.32 Å². The van der Waals surface area contributed by atoms with Crippen LogP contribution in [0.1, 0.15) is 60.3 Å². The SMILES string of the molecule is CC(C)=C[SiH](CCNC1CCCC1)[Si](C)(C)C(C)(C)C. The van der Waals surface area contributed by atoms with Gasteiger partial charge in [-0.3, -0.25) is 0 Å². The molecule has 0 aromatic carbocycles. The largest absolute Gasteiger partial charge is 0.314 e. The summed E-state index contributed by atoms with van der Waals surface area (Å²) in [6, 6.07) is 2.29. The summed E-state index contributed by atoms with van der Waals surface area (Å²) in [5.41, 5.74) is 4.25. The summed E-state index contributed by atoms with van der Waals surface area (Å²) in [6.07, 6.45) is 5.70. The highest BCUT2D eigenvalue weighted by atomic mass is 29.2. The lowest BCUT2D eigenvalue weighted by molar-refractivity contribution is 0.542. The van der Waals surface area contributed by atoms with Crippen molar-refractivity contribution in [3.8, 4) is 0 Å². The van der Waals surface area contributed by atoms with E-state index in [0.717, 1.165) is 6.04 Å². The van der Waals surface area contributed by atoms with Gasteiger partial charge in [0.2, 0.25) is 0 Å². The molecule has 1 atom stereocenters. The van der Waals surface area contributed by atoms with Gasteiger partial charge >= 0.3 is 0 Å². The van der Waals surface area contributed by atoms with E-state index < -0.39 is 15.9 Å². The molecule has 0 aromatic heterocycles. The summed E-state index contributed by atoms with van der Waals surface area (Å²) in [7, 11) is -1.92. The number of hydrogen-bond acceptors (Lipinski definition) is 1. The summed E-state index contributed by atoms with van der Waals surface area (Å²) in [4.78, 5) is 0. The highest BCUT2D eigenvalue weighted by Crippen LogP contribution is 2.39. The van der Waals surface area contributed by atoms with Gasteiger partial charge in [0.15, 0.2) is 0 Å². The maximum absolute atomic E-state index is 3.84. The highest BCUT2D eigenvalue weighted by Gasteiger charge is 2.41. The zero-order chi connectivity index (χ0) is 15.4. The fourth-order valence-electron chi connectivity index (χ4n) is 3.18.